The number of rotatable bonds is 3. The van der Waals surface area contributed by atoms with Crippen LogP contribution in [0.3, 0.4) is 0 Å². The normalized spacial score (nSPS) is 14.3. The fraction of sp³-hybridized carbons (Fsp3) is 0.0385. The summed E-state index contributed by atoms with van der Waals surface area (Å²) in [6, 6.07) is 15.8. The van der Waals surface area contributed by atoms with Gasteiger partial charge in [0.05, 0.1) is 28.0 Å². The second kappa shape index (κ2) is 7.57. The van der Waals surface area contributed by atoms with Crippen LogP contribution >= 0.6 is 15.9 Å². The molecule has 1 atom stereocenters. The van der Waals surface area contributed by atoms with Gasteiger partial charge in [0.1, 0.15) is 16.9 Å². The summed E-state index contributed by atoms with van der Waals surface area (Å²) < 4.78 is 6.71. The zero-order valence-electron chi connectivity index (χ0n) is 18.0. The number of carbonyl (C=O) groups excluding carboxylic acids is 1. The predicted molar refractivity (Wildman–Crippen MR) is 134 cm³/mol. The summed E-state index contributed by atoms with van der Waals surface area (Å²) in [6.07, 6.45) is 5.98. The van der Waals surface area contributed by atoms with Crippen LogP contribution in [0.4, 0.5) is 0 Å². The molecule has 0 aliphatic heterocycles. The Morgan fingerprint density at radius 2 is 1.83 bits per heavy atom. The first-order chi connectivity index (χ1) is 17.2. The van der Waals surface area contributed by atoms with Crippen LogP contribution in [0, 0.1) is 0 Å². The van der Waals surface area contributed by atoms with E-state index < -0.39 is 12.1 Å². The summed E-state index contributed by atoms with van der Waals surface area (Å²) >= 11 is 3.45. The van der Waals surface area contributed by atoms with Crippen molar-refractivity contribution in [3.05, 3.63) is 94.6 Å². The molecule has 0 bridgehead atoms. The number of benzene rings is 2. The topological polar surface area (TPSA) is 109 Å². The highest BCUT2D eigenvalue weighted by atomic mass is 79.9. The molecular formula is C26H15BrN6O2. The lowest BCUT2D eigenvalue weighted by atomic mass is 9.99. The minimum Gasteiger partial charge on any atom is -0.449 e. The molecular weight excluding hydrogens is 508 g/mol. The van der Waals surface area contributed by atoms with Gasteiger partial charge < -0.3 is 14.7 Å². The van der Waals surface area contributed by atoms with Gasteiger partial charge in [-0.05, 0) is 27.6 Å². The standard InChI is InChI=1S/C26H15BrN6O2/c27-17-10-29-25-22(30-12-31-25)21(17)26(34)35-23-14-5-2-1-4-13(14)20-15(23)6-3-7-16(20)24-32-18-8-9-28-11-19(18)33-24/h1-12,23H,(H,32,33)(H,29,30,31). The Balaban J connectivity index is 1.37. The molecule has 2 N–H and O–H groups in total. The maximum atomic E-state index is 13.5. The van der Waals surface area contributed by atoms with E-state index in [-0.39, 0.29) is 0 Å². The number of esters is 1. The molecule has 35 heavy (non-hydrogen) atoms. The second-order valence-electron chi connectivity index (χ2n) is 8.20. The van der Waals surface area contributed by atoms with Gasteiger partial charge in [0.25, 0.3) is 0 Å². The van der Waals surface area contributed by atoms with E-state index in [2.05, 4.69) is 40.8 Å². The maximum absolute atomic E-state index is 13.5. The molecule has 9 heteroatoms. The van der Waals surface area contributed by atoms with Gasteiger partial charge in [-0.2, -0.15) is 0 Å². The third-order valence-electron chi connectivity index (χ3n) is 6.27. The van der Waals surface area contributed by atoms with Gasteiger partial charge in [-0.1, -0.05) is 42.5 Å². The maximum Gasteiger partial charge on any atom is 0.342 e. The number of aromatic amines is 2. The first-order valence-electron chi connectivity index (χ1n) is 10.9. The van der Waals surface area contributed by atoms with Crippen molar-refractivity contribution >= 4 is 44.1 Å². The van der Waals surface area contributed by atoms with Crippen molar-refractivity contribution in [3.63, 3.8) is 0 Å². The molecule has 0 radical (unpaired) electrons. The molecule has 6 aromatic rings. The summed E-state index contributed by atoms with van der Waals surface area (Å²) in [7, 11) is 0. The van der Waals surface area contributed by atoms with E-state index in [4.69, 9.17) is 9.72 Å². The average Bonchev–Trinajstić information content (AvgIpc) is 3.60. The highest BCUT2D eigenvalue weighted by Gasteiger charge is 2.35. The first-order valence-corrected chi connectivity index (χ1v) is 11.7. The van der Waals surface area contributed by atoms with Crippen molar-refractivity contribution in [2.75, 3.05) is 0 Å². The minimum absolute atomic E-state index is 0.361. The molecule has 0 saturated heterocycles. The minimum atomic E-state index is -0.572. The fourth-order valence-corrected chi connectivity index (χ4v) is 5.22. The van der Waals surface area contributed by atoms with Gasteiger partial charge in [-0.15, -0.1) is 0 Å². The lowest BCUT2D eigenvalue weighted by molar-refractivity contribution is 0.0387. The second-order valence-corrected chi connectivity index (χ2v) is 9.06. The van der Waals surface area contributed by atoms with Crippen LogP contribution in [-0.4, -0.2) is 35.9 Å². The molecule has 0 fully saturated rings. The summed E-state index contributed by atoms with van der Waals surface area (Å²) in [5, 5.41) is 0. The predicted octanol–water partition coefficient (Wildman–Crippen LogP) is 5.59. The van der Waals surface area contributed by atoms with Crippen LogP contribution in [0.2, 0.25) is 0 Å². The number of carbonyl (C=O) groups is 1. The molecule has 0 amide bonds. The first kappa shape index (κ1) is 20.0. The molecule has 168 valence electrons. The van der Waals surface area contributed by atoms with E-state index in [1.54, 1.807) is 18.6 Å². The van der Waals surface area contributed by atoms with E-state index in [1.807, 2.05) is 48.5 Å². The van der Waals surface area contributed by atoms with Gasteiger partial charge in [-0.25, -0.2) is 19.7 Å². The lowest BCUT2D eigenvalue weighted by Crippen LogP contribution is -2.12. The molecule has 4 aromatic heterocycles. The Kier molecular flexibility index (Phi) is 4.34. The smallest absolute Gasteiger partial charge is 0.342 e. The van der Waals surface area contributed by atoms with E-state index in [0.29, 0.717) is 21.2 Å². The number of nitrogens with zero attached hydrogens (tertiary/aromatic N) is 4. The number of halogens is 1. The zero-order chi connectivity index (χ0) is 23.5. The number of hydrogen-bond acceptors (Lipinski definition) is 6. The van der Waals surface area contributed by atoms with Gasteiger partial charge in [0, 0.05) is 34.6 Å². The van der Waals surface area contributed by atoms with Gasteiger partial charge >= 0.3 is 5.97 Å². The zero-order valence-corrected chi connectivity index (χ0v) is 19.6. The molecule has 1 aliphatic carbocycles. The van der Waals surface area contributed by atoms with E-state index in [0.717, 1.165) is 44.7 Å². The highest BCUT2D eigenvalue weighted by Crippen LogP contribution is 2.49. The molecule has 4 heterocycles. The van der Waals surface area contributed by atoms with E-state index >= 15 is 0 Å². The van der Waals surface area contributed by atoms with E-state index in [1.165, 1.54) is 6.33 Å². The summed E-state index contributed by atoms with van der Waals surface area (Å²) in [6.45, 7) is 0. The Labute approximate surface area is 206 Å². The summed E-state index contributed by atoms with van der Waals surface area (Å²) in [5.74, 6) is 0.268. The molecule has 0 saturated carbocycles. The van der Waals surface area contributed by atoms with Crippen LogP contribution in [0.15, 0.2) is 77.9 Å². The Morgan fingerprint density at radius 3 is 2.74 bits per heavy atom. The molecule has 1 aliphatic rings. The number of imidazole rings is 2. The van der Waals surface area contributed by atoms with Crippen molar-refractivity contribution < 1.29 is 9.53 Å². The number of fused-ring (bicyclic) bond motifs is 5. The molecule has 2 aromatic carbocycles. The number of H-pyrrole nitrogens is 2. The van der Waals surface area contributed by atoms with Crippen LogP contribution in [0.1, 0.15) is 27.6 Å². The van der Waals surface area contributed by atoms with Crippen LogP contribution < -0.4 is 0 Å². The number of pyridine rings is 2. The van der Waals surface area contributed by atoms with Crippen LogP contribution in [0.5, 0.6) is 0 Å². The summed E-state index contributed by atoms with van der Waals surface area (Å²) in [4.78, 5) is 37.2. The molecule has 8 nitrogen and oxygen atoms in total. The third-order valence-corrected chi connectivity index (χ3v) is 6.87. The summed E-state index contributed by atoms with van der Waals surface area (Å²) in [5.41, 5.74) is 7.81. The number of aromatic nitrogens is 6. The van der Waals surface area contributed by atoms with E-state index in [9.17, 15) is 4.79 Å². The Morgan fingerprint density at radius 1 is 0.971 bits per heavy atom. The fourth-order valence-electron chi connectivity index (χ4n) is 4.76. The average molecular weight is 523 g/mol. The van der Waals surface area contributed by atoms with Crippen molar-refractivity contribution in [2.45, 2.75) is 6.10 Å². The molecule has 0 spiro atoms. The van der Waals surface area contributed by atoms with Crippen molar-refractivity contribution in [3.8, 4) is 22.5 Å². The van der Waals surface area contributed by atoms with Gasteiger partial charge in [0.15, 0.2) is 11.8 Å². The Bertz CT molecular complexity index is 1760. The molecule has 7 rings (SSSR count). The monoisotopic (exact) mass is 522 g/mol. The lowest BCUT2D eigenvalue weighted by Gasteiger charge is -2.16. The van der Waals surface area contributed by atoms with Crippen molar-refractivity contribution in [1.82, 2.24) is 29.9 Å². The van der Waals surface area contributed by atoms with Crippen molar-refractivity contribution in [1.29, 1.82) is 0 Å². The quantitative estimate of drug-likeness (QED) is 0.293. The van der Waals surface area contributed by atoms with Gasteiger partial charge in [-0.3, -0.25) is 4.98 Å². The van der Waals surface area contributed by atoms with Gasteiger partial charge in [0.2, 0.25) is 0 Å². The third kappa shape index (κ3) is 3.01. The van der Waals surface area contributed by atoms with Crippen LogP contribution in [-0.2, 0) is 4.74 Å². The number of hydrogen-bond donors (Lipinski definition) is 2. The number of ether oxygens (including phenoxy) is 1. The van der Waals surface area contributed by atoms with Crippen LogP contribution in [0.25, 0.3) is 44.7 Å². The highest BCUT2D eigenvalue weighted by molar-refractivity contribution is 9.10. The number of nitrogens with one attached hydrogen (secondary N) is 2. The SMILES string of the molecule is O=C(OC1c2ccccc2-c2c(-c3nc4ccncc4[nH]3)cccc21)c1c(Br)cnc2nc[nH]c12. The van der Waals surface area contributed by atoms with Crippen molar-refractivity contribution in [2.24, 2.45) is 0 Å². The Hall–Kier alpha value is -4.37. The largest absolute Gasteiger partial charge is 0.449 e. The molecule has 1 unspecified atom stereocenters.